The van der Waals surface area contributed by atoms with Crippen LogP contribution in [-0.4, -0.2) is 0 Å². The van der Waals surface area contributed by atoms with Gasteiger partial charge in [-0.25, -0.2) is 0 Å². The second-order valence-electron chi connectivity index (χ2n) is 8.50. The van der Waals surface area contributed by atoms with Crippen LogP contribution in [0.3, 0.4) is 0 Å². The number of hydrogen-bond acceptors (Lipinski definition) is 2. The Labute approximate surface area is 240 Å². The lowest BCUT2D eigenvalue weighted by atomic mass is 9.78. The van der Waals surface area contributed by atoms with Gasteiger partial charge in [-0.1, -0.05) is 129 Å². The number of rotatable bonds is 6. The standard InChI is InChI=1S/C29H28O2.4C2H6/c1-21-5-13-25(14-6-21)30-27-17-9-23(10-18-27)29(3,4)24-11-19-28(20-12-24)31-26-15-7-22(2)8-16-26;4*1-2/h5-20H,1-4H3;4*1-2H3. The predicted molar refractivity (Wildman–Crippen MR) is 173 cm³/mol. The van der Waals surface area contributed by atoms with Crippen molar-refractivity contribution in [2.45, 2.75) is 88.5 Å². The van der Waals surface area contributed by atoms with Gasteiger partial charge in [0, 0.05) is 5.41 Å². The minimum atomic E-state index is -0.134. The summed E-state index contributed by atoms with van der Waals surface area (Å²) in [5, 5.41) is 0. The van der Waals surface area contributed by atoms with Crippen molar-refractivity contribution in [2.24, 2.45) is 0 Å². The summed E-state index contributed by atoms with van der Waals surface area (Å²) in [4.78, 5) is 0. The fourth-order valence-electron chi connectivity index (χ4n) is 3.53. The van der Waals surface area contributed by atoms with E-state index in [1.807, 2.05) is 104 Å². The highest BCUT2D eigenvalue weighted by molar-refractivity contribution is 5.43. The Kier molecular flexibility index (Phi) is 17.8. The van der Waals surface area contributed by atoms with Gasteiger partial charge in [0.15, 0.2) is 0 Å². The van der Waals surface area contributed by atoms with E-state index in [2.05, 4.69) is 76.2 Å². The maximum absolute atomic E-state index is 5.97. The molecule has 0 aliphatic rings. The van der Waals surface area contributed by atoms with Crippen LogP contribution in [0, 0.1) is 13.8 Å². The SMILES string of the molecule is CC.CC.CC.CC.Cc1ccc(Oc2ccc(C(C)(C)c3ccc(Oc4ccc(C)cc4)cc3)cc2)cc1. The highest BCUT2D eigenvalue weighted by atomic mass is 16.5. The molecule has 0 aromatic heterocycles. The molecule has 4 rings (SSSR count). The van der Waals surface area contributed by atoms with E-state index >= 15 is 0 Å². The van der Waals surface area contributed by atoms with Crippen LogP contribution in [0.5, 0.6) is 23.0 Å². The van der Waals surface area contributed by atoms with Gasteiger partial charge >= 0.3 is 0 Å². The molecule has 0 radical (unpaired) electrons. The van der Waals surface area contributed by atoms with Crippen LogP contribution < -0.4 is 9.47 Å². The second-order valence-corrected chi connectivity index (χ2v) is 8.50. The molecule has 4 aromatic carbocycles. The monoisotopic (exact) mass is 528 g/mol. The van der Waals surface area contributed by atoms with E-state index in [-0.39, 0.29) is 5.41 Å². The van der Waals surface area contributed by atoms with E-state index in [4.69, 9.17) is 9.47 Å². The topological polar surface area (TPSA) is 18.5 Å². The maximum atomic E-state index is 5.97. The first kappa shape index (κ1) is 35.5. The summed E-state index contributed by atoms with van der Waals surface area (Å²) in [6, 6.07) is 32.9. The van der Waals surface area contributed by atoms with Crippen molar-refractivity contribution >= 4 is 0 Å². The van der Waals surface area contributed by atoms with Gasteiger partial charge in [-0.2, -0.15) is 0 Å². The normalized spacial score (nSPS) is 9.54. The molecule has 0 heterocycles. The summed E-state index contributed by atoms with van der Waals surface area (Å²) in [5.41, 5.74) is 4.77. The highest BCUT2D eigenvalue weighted by Crippen LogP contribution is 2.34. The Hall–Kier alpha value is -3.52. The molecule has 0 saturated heterocycles. The third-order valence-electron chi connectivity index (χ3n) is 5.67. The van der Waals surface area contributed by atoms with Crippen LogP contribution in [0.2, 0.25) is 0 Å². The summed E-state index contributed by atoms with van der Waals surface area (Å²) in [6.45, 7) is 24.6. The van der Waals surface area contributed by atoms with Crippen molar-refractivity contribution in [3.63, 3.8) is 0 Å². The average molecular weight is 529 g/mol. The van der Waals surface area contributed by atoms with Crippen molar-refractivity contribution in [2.75, 3.05) is 0 Å². The predicted octanol–water partition coefficient (Wildman–Crippen LogP) is 12.3. The summed E-state index contributed by atoms with van der Waals surface area (Å²) >= 11 is 0. The Morgan fingerprint density at radius 1 is 0.359 bits per heavy atom. The van der Waals surface area contributed by atoms with Gasteiger partial charge < -0.3 is 9.47 Å². The Balaban J connectivity index is 0.00000166. The first-order valence-corrected chi connectivity index (χ1v) is 14.6. The van der Waals surface area contributed by atoms with E-state index in [1.165, 1.54) is 22.3 Å². The van der Waals surface area contributed by atoms with E-state index in [1.54, 1.807) is 0 Å². The van der Waals surface area contributed by atoms with Gasteiger partial charge in [0.1, 0.15) is 23.0 Å². The highest BCUT2D eigenvalue weighted by Gasteiger charge is 2.23. The molecule has 0 bridgehead atoms. The molecule has 39 heavy (non-hydrogen) atoms. The van der Waals surface area contributed by atoms with Crippen molar-refractivity contribution in [1.82, 2.24) is 0 Å². The van der Waals surface area contributed by atoms with Gasteiger partial charge in [-0.15, -0.1) is 0 Å². The zero-order valence-corrected chi connectivity index (χ0v) is 26.6. The van der Waals surface area contributed by atoms with E-state index in [9.17, 15) is 0 Å². The lowest BCUT2D eigenvalue weighted by molar-refractivity contribution is 0.481. The molecule has 0 unspecified atom stereocenters. The Morgan fingerprint density at radius 2 is 0.564 bits per heavy atom. The average Bonchev–Trinajstić information content (AvgIpc) is 3.00. The smallest absolute Gasteiger partial charge is 0.127 e. The van der Waals surface area contributed by atoms with Crippen LogP contribution in [0.1, 0.15) is 91.5 Å². The number of benzene rings is 4. The molecule has 0 N–H and O–H groups in total. The molecule has 2 nitrogen and oxygen atoms in total. The number of hydrogen-bond donors (Lipinski definition) is 0. The number of ether oxygens (including phenoxy) is 2. The van der Waals surface area contributed by atoms with E-state index in [0.717, 1.165) is 23.0 Å². The molecule has 0 aliphatic carbocycles. The van der Waals surface area contributed by atoms with Crippen LogP contribution >= 0.6 is 0 Å². The van der Waals surface area contributed by atoms with Gasteiger partial charge in [0.05, 0.1) is 0 Å². The molecule has 0 amide bonds. The quantitative estimate of drug-likeness (QED) is 0.248. The minimum Gasteiger partial charge on any atom is -0.457 e. The fourth-order valence-corrected chi connectivity index (χ4v) is 3.53. The summed E-state index contributed by atoms with van der Waals surface area (Å²) in [6.07, 6.45) is 0. The largest absolute Gasteiger partial charge is 0.457 e. The minimum absolute atomic E-state index is 0.134. The van der Waals surface area contributed by atoms with E-state index in [0.29, 0.717) is 0 Å². The van der Waals surface area contributed by atoms with Crippen molar-refractivity contribution in [3.05, 3.63) is 119 Å². The van der Waals surface area contributed by atoms with Crippen molar-refractivity contribution in [3.8, 4) is 23.0 Å². The maximum Gasteiger partial charge on any atom is 0.127 e. The van der Waals surface area contributed by atoms with Crippen LogP contribution in [0.15, 0.2) is 97.1 Å². The zero-order valence-electron chi connectivity index (χ0n) is 26.6. The Bertz CT molecular complexity index is 1030. The molecule has 0 saturated carbocycles. The van der Waals surface area contributed by atoms with Crippen molar-refractivity contribution in [1.29, 1.82) is 0 Å². The summed E-state index contributed by atoms with van der Waals surface area (Å²) in [5.74, 6) is 3.37. The first-order valence-electron chi connectivity index (χ1n) is 14.6. The molecule has 0 fully saturated rings. The van der Waals surface area contributed by atoms with Crippen LogP contribution in [-0.2, 0) is 5.41 Å². The first-order chi connectivity index (χ1) is 18.9. The third kappa shape index (κ3) is 11.4. The summed E-state index contributed by atoms with van der Waals surface area (Å²) in [7, 11) is 0. The molecular weight excluding hydrogens is 476 g/mol. The molecule has 2 heteroatoms. The fraction of sp³-hybridized carbons (Fsp3) is 0.351. The number of aryl methyl sites for hydroxylation is 2. The zero-order chi connectivity index (χ0) is 29.8. The summed E-state index contributed by atoms with van der Waals surface area (Å²) < 4.78 is 11.9. The molecule has 0 atom stereocenters. The van der Waals surface area contributed by atoms with Gasteiger partial charge in [0.25, 0.3) is 0 Å². The molecule has 4 aromatic rings. The van der Waals surface area contributed by atoms with Crippen LogP contribution in [0.4, 0.5) is 0 Å². The van der Waals surface area contributed by atoms with E-state index < -0.39 is 0 Å². The molecular formula is C37H52O2. The van der Waals surface area contributed by atoms with Crippen molar-refractivity contribution < 1.29 is 9.47 Å². The van der Waals surface area contributed by atoms with Gasteiger partial charge in [-0.05, 0) is 73.5 Å². The van der Waals surface area contributed by atoms with Gasteiger partial charge in [-0.3, -0.25) is 0 Å². The lowest BCUT2D eigenvalue weighted by Gasteiger charge is -2.26. The lowest BCUT2D eigenvalue weighted by Crippen LogP contribution is -2.18. The molecule has 212 valence electrons. The second kappa shape index (κ2) is 19.5. The molecule has 0 spiro atoms. The molecule has 0 aliphatic heterocycles. The van der Waals surface area contributed by atoms with Crippen LogP contribution in [0.25, 0.3) is 0 Å². The third-order valence-corrected chi connectivity index (χ3v) is 5.67. The van der Waals surface area contributed by atoms with Gasteiger partial charge in [0.2, 0.25) is 0 Å². The Morgan fingerprint density at radius 3 is 0.795 bits per heavy atom.